The number of unbranched alkanes of at least 4 members (excludes halogenated alkanes) is 5. The van der Waals surface area contributed by atoms with Crippen molar-refractivity contribution in [3.63, 3.8) is 0 Å². The summed E-state index contributed by atoms with van der Waals surface area (Å²) in [4.78, 5) is 0. The van der Waals surface area contributed by atoms with Crippen molar-refractivity contribution < 1.29 is 4.39 Å². The summed E-state index contributed by atoms with van der Waals surface area (Å²) in [5, 5.41) is 0. The minimum absolute atomic E-state index is 0.0844. The van der Waals surface area contributed by atoms with E-state index in [9.17, 15) is 4.39 Å². The number of nitrogens with two attached hydrogens (primary N) is 1. The van der Waals surface area contributed by atoms with Crippen LogP contribution >= 0.6 is 15.9 Å². The van der Waals surface area contributed by atoms with Gasteiger partial charge in [-0.1, -0.05) is 67.4 Å². The number of hydrazine groups is 1. The first-order valence-corrected chi connectivity index (χ1v) is 7.89. The number of rotatable bonds is 9. The van der Waals surface area contributed by atoms with Gasteiger partial charge in [0.25, 0.3) is 0 Å². The lowest BCUT2D eigenvalue weighted by Gasteiger charge is -2.17. The van der Waals surface area contributed by atoms with Gasteiger partial charge >= 0.3 is 0 Å². The topological polar surface area (TPSA) is 38.0 Å². The van der Waals surface area contributed by atoms with Crippen LogP contribution in [0.4, 0.5) is 4.39 Å². The molecule has 0 saturated carbocycles. The van der Waals surface area contributed by atoms with Crippen LogP contribution in [0.15, 0.2) is 22.7 Å². The zero-order chi connectivity index (χ0) is 14.1. The van der Waals surface area contributed by atoms with Gasteiger partial charge in [0.05, 0.1) is 0 Å². The summed E-state index contributed by atoms with van der Waals surface area (Å²) in [7, 11) is 0. The molecule has 0 spiro atoms. The van der Waals surface area contributed by atoms with E-state index in [-0.39, 0.29) is 11.9 Å². The fraction of sp³-hybridized carbons (Fsp3) is 0.600. The average molecular weight is 331 g/mol. The molecule has 0 heterocycles. The van der Waals surface area contributed by atoms with Crippen LogP contribution in [0.1, 0.15) is 63.5 Å². The van der Waals surface area contributed by atoms with E-state index in [2.05, 4.69) is 28.3 Å². The molecule has 0 bridgehead atoms. The Balaban J connectivity index is 2.40. The number of halogens is 2. The first-order chi connectivity index (χ1) is 9.19. The summed E-state index contributed by atoms with van der Waals surface area (Å²) in [6, 6.07) is 4.84. The summed E-state index contributed by atoms with van der Waals surface area (Å²) >= 11 is 3.40. The van der Waals surface area contributed by atoms with Gasteiger partial charge in [-0.2, -0.15) is 0 Å². The molecule has 0 aliphatic carbocycles. The van der Waals surface area contributed by atoms with Crippen molar-refractivity contribution in [2.75, 3.05) is 0 Å². The van der Waals surface area contributed by atoms with Crippen LogP contribution in [0.3, 0.4) is 0 Å². The second-order valence-electron chi connectivity index (χ2n) is 4.94. The van der Waals surface area contributed by atoms with Crippen molar-refractivity contribution in [3.05, 3.63) is 34.1 Å². The fourth-order valence-corrected chi connectivity index (χ4v) is 2.87. The quantitative estimate of drug-likeness (QED) is 0.386. The van der Waals surface area contributed by atoms with E-state index in [1.54, 1.807) is 6.07 Å². The standard InChI is InChI=1S/C15H24BrFN2/c1-2-3-4-5-6-7-8-15(19-18)13-10-9-12(17)11-14(13)16/h9-11,15,19H,2-8,18H2,1H3. The van der Waals surface area contributed by atoms with Crippen LogP contribution in [0, 0.1) is 5.82 Å². The van der Waals surface area contributed by atoms with Crippen LogP contribution < -0.4 is 11.3 Å². The Kier molecular flexibility index (Phi) is 8.26. The van der Waals surface area contributed by atoms with Crippen LogP contribution in [0.25, 0.3) is 0 Å². The predicted molar refractivity (Wildman–Crippen MR) is 82.2 cm³/mol. The lowest BCUT2D eigenvalue weighted by molar-refractivity contribution is 0.475. The number of benzene rings is 1. The second kappa shape index (κ2) is 9.45. The van der Waals surface area contributed by atoms with Crippen molar-refractivity contribution in [2.24, 2.45) is 5.84 Å². The fourth-order valence-electron chi connectivity index (χ4n) is 2.24. The minimum Gasteiger partial charge on any atom is -0.271 e. The van der Waals surface area contributed by atoms with Crippen LogP contribution in [-0.4, -0.2) is 0 Å². The third kappa shape index (κ3) is 6.02. The summed E-state index contributed by atoms with van der Waals surface area (Å²) < 4.78 is 13.8. The monoisotopic (exact) mass is 330 g/mol. The van der Waals surface area contributed by atoms with Gasteiger partial charge in [-0.15, -0.1) is 0 Å². The molecule has 1 atom stereocenters. The Morgan fingerprint density at radius 1 is 1.21 bits per heavy atom. The van der Waals surface area contributed by atoms with Gasteiger partial charge in [-0.05, 0) is 24.1 Å². The highest BCUT2D eigenvalue weighted by molar-refractivity contribution is 9.10. The van der Waals surface area contributed by atoms with E-state index in [1.807, 2.05) is 0 Å². The van der Waals surface area contributed by atoms with Gasteiger partial charge in [0.15, 0.2) is 0 Å². The van der Waals surface area contributed by atoms with Crippen molar-refractivity contribution in [3.8, 4) is 0 Å². The molecular formula is C15H24BrFN2. The molecule has 0 aliphatic rings. The van der Waals surface area contributed by atoms with E-state index in [4.69, 9.17) is 5.84 Å². The summed E-state index contributed by atoms with van der Waals surface area (Å²) in [6.07, 6.45) is 8.55. The Morgan fingerprint density at radius 2 is 1.89 bits per heavy atom. The maximum atomic E-state index is 13.1. The summed E-state index contributed by atoms with van der Waals surface area (Å²) in [6.45, 7) is 2.22. The van der Waals surface area contributed by atoms with Gasteiger partial charge in [0, 0.05) is 10.5 Å². The SMILES string of the molecule is CCCCCCCCC(NN)c1ccc(F)cc1Br. The van der Waals surface area contributed by atoms with Crippen LogP contribution in [0.2, 0.25) is 0 Å². The number of nitrogens with one attached hydrogen (secondary N) is 1. The molecule has 108 valence electrons. The maximum Gasteiger partial charge on any atom is 0.124 e. The number of hydrogen-bond donors (Lipinski definition) is 2. The highest BCUT2D eigenvalue weighted by atomic mass is 79.9. The maximum absolute atomic E-state index is 13.1. The number of hydrogen-bond acceptors (Lipinski definition) is 2. The summed E-state index contributed by atoms with van der Waals surface area (Å²) in [5.74, 6) is 5.38. The van der Waals surface area contributed by atoms with Gasteiger partial charge in [0.2, 0.25) is 0 Å². The molecule has 3 N–H and O–H groups in total. The lowest BCUT2D eigenvalue weighted by atomic mass is 10.00. The molecule has 1 aromatic rings. The van der Waals surface area contributed by atoms with E-state index >= 15 is 0 Å². The first-order valence-electron chi connectivity index (χ1n) is 7.10. The Hall–Kier alpha value is -0.450. The molecule has 1 aromatic carbocycles. The molecule has 1 unspecified atom stereocenters. The lowest BCUT2D eigenvalue weighted by Crippen LogP contribution is -2.28. The molecular weight excluding hydrogens is 307 g/mol. The molecule has 0 saturated heterocycles. The normalized spacial score (nSPS) is 12.6. The third-order valence-electron chi connectivity index (χ3n) is 3.39. The highest BCUT2D eigenvalue weighted by Crippen LogP contribution is 2.27. The molecule has 1 rings (SSSR count). The Morgan fingerprint density at radius 3 is 2.53 bits per heavy atom. The van der Waals surface area contributed by atoms with Crippen molar-refractivity contribution >= 4 is 15.9 Å². The molecule has 0 radical (unpaired) electrons. The van der Waals surface area contributed by atoms with Gasteiger partial charge in [-0.3, -0.25) is 11.3 Å². The van der Waals surface area contributed by atoms with Gasteiger partial charge in [0.1, 0.15) is 5.82 Å². The van der Waals surface area contributed by atoms with Crippen molar-refractivity contribution in [2.45, 2.75) is 57.9 Å². The van der Waals surface area contributed by atoms with Gasteiger partial charge < -0.3 is 0 Å². The van der Waals surface area contributed by atoms with E-state index < -0.39 is 0 Å². The van der Waals surface area contributed by atoms with Crippen LogP contribution in [-0.2, 0) is 0 Å². The van der Waals surface area contributed by atoms with Crippen LogP contribution in [0.5, 0.6) is 0 Å². The van der Waals surface area contributed by atoms with Crippen molar-refractivity contribution in [1.82, 2.24) is 5.43 Å². The van der Waals surface area contributed by atoms with Gasteiger partial charge in [-0.25, -0.2) is 4.39 Å². The molecule has 0 amide bonds. The zero-order valence-corrected chi connectivity index (χ0v) is 13.2. The molecule has 0 aromatic heterocycles. The second-order valence-corrected chi connectivity index (χ2v) is 5.80. The Bertz CT molecular complexity index is 371. The van der Waals surface area contributed by atoms with E-state index in [0.717, 1.165) is 22.9 Å². The molecule has 0 aliphatic heterocycles. The van der Waals surface area contributed by atoms with E-state index in [0.29, 0.717) is 0 Å². The molecule has 4 heteroatoms. The third-order valence-corrected chi connectivity index (χ3v) is 4.07. The largest absolute Gasteiger partial charge is 0.271 e. The van der Waals surface area contributed by atoms with E-state index in [1.165, 1.54) is 44.2 Å². The zero-order valence-electron chi connectivity index (χ0n) is 11.6. The molecule has 2 nitrogen and oxygen atoms in total. The van der Waals surface area contributed by atoms with Crippen molar-refractivity contribution in [1.29, 1.82) is 0 Å². The Labute approximate surface area is 124 Å². The predicted octanol–water partition coefficient (Wildman–Crippen LogP) is 4.84. The average Bonchev–Trinajstić information content (AvgIpc) is 2.39. The summed E-state index contributed by atoms with van der Waals surface area (Å²) in [5.41, 5.74) is 3.85. The highest BCUT2D eigenvalue weighted by Gasteiger charge is 2.13. The smallest absolute Gasteiger partial charge is 0.124 e. The molecule has 19 heavy (non-hydrogen) atoms. The first kappa shape index (κ1) is 16.6. The molecule has 0 fully saturated rings. The minimum atomic E-state index is -0.231.